The summed E-state index contributed by atoms with van der Waals surface area (Å²) in [5, 5.41) is 16.2. The summed E-state index contributed by atoms with van der Waals surface area (Å²) in [7, 11) is 0. The van der Waals surface area contributed by atoms with Crippen LogP contribution in [0.1, 0.15) is 10.4 Å². The summed E-state index contributed by atoms with van der Waals surface area (Å²) in [6, 6.07) is 2.66. The number of nitrogen functional groups attached to an aromatic ring is 2. The van der Waals surface area contributed by atoms with Crippen molar-refractivity contribution < 1.29 is 9.90 Å². The van der Waals surface area contributed by atoms with E-state index in [1.54, 1.807) is 6.20 Å². The summed E-state index contributed by atoms with van der Waals surface area (Å²) >= 11 is 0. The summed E-state index contributed by atoms with van der Waals surface area (Å²) in [4.78, 5) is 10.8. The fraction of sp³-hybridized carbons (Fsp3) is 0. The third kappa shape index (κ3) is 1.54. The molecule has 0 radical (unpaired) electrons. The molecule has 0 unspecified atom stereocenters. The van der Waals surface area contributed by atoms with E-state index >= 15 is 0 Å². The second-order valence-corrected chi connectivity index (χ2v) is 3.16. The number of carboxylic acids is 1. The third-order valence-electron chi connectivity index (χ3n) is 2.07. The molecule has 0 fully saturated rings. The lowest BCUT2D eigenvalue weighted by atomic mass is 10.1. The highest BCUT2D eigenvalue weighted by Crippen LogP contribution is 2.25. The Balaban J connectivity index is 2.61. The molecule has 16 heavy (non-hydrogen) atoms. The minimum absolute atomic E-state index is 0.0406. The zero-order valence-electron chi connectivity index (χ0n) is 8.16. The van der Waals surface area contributed by atoms with Crippen molar-refractivity contribution in [2.45, 2.75) is 0 Å². The summed E-state index contributed by atoms with van der Waals surface area (Å²) in [6.07, 6.45) is 3.05. The summed E-state index contributed by atoms with van der Waals surface area (Å²) < 4.78 is 1.39. The van der Waals surface area contributed by atoms with Gasteiger partial charge in [-0.05, 0) is 12.1 Å². The van der Waals surface area contributed by atoms with E-state index in [0.29, 0.717) is 5.69 Å². The van der Waals surface area contributed by atoms with Crippen molar-refractivity contribution in [1.82, 2.24) is 15.0 Å². The van der Waals surface area contributed by atoms with Crippen LogP contribution in [-0.2, 0) is 0 Å². The Kier molecular flexibility index (Phi) is 2.20. The van der Waals surface area contributed by atoms with Crippen LogP contribution in [0.15, 0.2) is 24.5 Å². The first-order valence-electron chi connectivity index (χ1n) is 4.38. The Bertz CT molecular complexity index is 512. The van der Waals surface area contributed by atoms with Crippen molar-refractivity contribution in [1.29, 1.82) is 0 Å². The molecular formula is C9H9N5O2. The topological polar surface area (TPSA) is 120 Å². The first-order chi connectivity index (χ1) is 7.59. The Morgan fingerprint density at radius 3 is 2.38 bits per heavy atom. The van der Waals surface area contributed by atoms with Gasteiger partial charge in [-0.25, -0.2) is 9.48 Å². The van der Waals surface area contributed by atoms with Crippen LogP contribution in [0.5, 0.6) is 0 Å². The normalized spacial score (nSPS) is 10.2. The van der Waals surface area contributed by atoms with E-state index in [4.69, 9.17) is 16.6 Å². The number of hydrogen-bond acceptors (Lipinski definition) is 5. The number of nitrogens with zero attached hydrogens (tertiary/aromatic N) is 3. The van der Waals surface area contributed by atoms with Crippen molar-refractivity contribution >= 4 is 17.3 Å². The van der Waals surface area contributed by atoms with Gasteiger partial charge in [0.25, 0.3) is 0 Å². The first-order valence-corrected chi connectivity index (χ1v) is 4.38. The van der Waals surface area contributed by atoms with Crippen molar-refractivity contribution in [3.05, 3.63) is 30.1 Å². The predicted octanol–water partition coefficient (Wildman–Crippen LogP) is 0.130. The average Bonchev–Trinajstić information content (AvgIpc) is 2.69. The Morgan fingerprint density at radius 2 is 1.94 bits per heavy atom. The summed E-state index contributed by atoms with van der Waals surface area (Å²) in [6.45, 7) is 0. The largest absolute Gasteiger partial charge is 0.478 e. The molecule has 0 saturated carbocycles. The number of aromatic carboxylic acids is 1. The van der Waals surface area contributed by atoms with Crippen LogP contribution in [0.25, 0.3) is 5.69 Å². The maximum atomic E-state index is 10.8. The summed E-state index contributed by atoms with van der Waals surface area (Å²) in [5.74, 6) is -1.08. The molecular weight excluding hydrogens is 210 g/mol. The first kappa shape index (κ1) is 9.97. The van der Waals surface area contributed by atoms with E-state index in [1.165, 1.54) is 23.0 Å². The van der Waals surface area contributed by atoms with E-state index in [2.05, 4.69) is 10.3 Å². The Labute approximate surface area is 90.3 Å². The second kappa shape index (κ2) is 3.54. The maximum Gasteiger partial charge on any atom is 0.335 e. The quantitative estimate of drug-likeness (QED) is 0.617. The van der Waals surface area contributed by atoms with Crippen molar-refractivity contribution in [2.75, 3.05) is 11.5 Å². The zero-order chi connectivity index (χ0) is 11.7. The van der Waals surface area contributed by atoms with Gasteiger partial charge in [-0.2, -0.15) is 0 Å². The van der Waals surface area contributed by atoms with Gasteiger partial charge in [-0.1, -0.05) is 5.21 Å². The molecule has 82 valence electrons. The number of benzene rings is 1. The fourth-order valence-electron chi connectivity index (χ4n) is 1.40. The highest BCUT2D eigenvalue weighted by Gasteiger charge is 2.12. The highest BCUT2D eigenvalue weighted by atomic mass is 16.4. The lowest BCUT2D eigenvalue weighted by molar-refractivity contribution is 0.0697. The smallest absolute Gasteiger partial charge is 0.335 e. The number of carboxylic acid groups (broad SMARTS) is 1. The minimum Gasteiger partial charge on any atom is -0.478 e. The van der Waals surface area contributed by atoms with Crippen LogP contribution < -0.4 is 11.5 Å². The van der Waals surface area contributed by atoms with Gasteiger partial charge in [0.2, 0.25) is 0 Å². The lowest BCUT2D eigenvalue weighted by Gasteiger charge is -2.09. The molecule has 0 aliphatic carbocycles. The molecule has 0 bridgehead atoms. The SMILES string of the molecule is Nc1cc(C(=O)O)cc(N)c1-n1ccnn1. The monoisotopic (exact) mass is 219 g/mol. The Hall–Kier alpha value is -2.57. The van der Waals surface area contributed by atoms with E-state index in [0.717, 1.165) is 0 Å². The number of rotatable bonds is 2. The van der Waals surface area contributed by atoms with Crippen LogP contribution >= 0.6 is 0 Å². The minimum atomic E-state index is -1.08. The van der Waals surface area contributed by atoms with E-state index in [9.17, 15) is 4.79 Å². The van der Waals surface area contributed by atoms with Gasteiger partial charge in [0, 0.05) is 0 Å². The summed E-state index contributed by atoms with van der Waals surface area (Å²) in [5.41, 5.74) is 12.4. The molecule has 2 rings (SSSR count). The number of anilines is 2. The second-order valence-electron chi connectivity index (χ2n) is 3.16. The third-order valence-corrected chi connectivity index (χ3v) is 2.07. The molecule has 0 spiro atoms. The molecule has 1 aromatic heterocycles. The van der Waals surface area contributed by atoms with Gasteiger partial charge in [-0.3, -0.25) is 0 Å². The molecule has 0 aliphatic heterocycles. The van der Waals surface area contributed by atoms with Gasteiger partial charge in [0.05, 0.1) is 29.3 Å². The number of carbonyl (C=O) groups is 1. The van der Waals surface area contributed by atoms with Gasteiger partial charge >= 0.3 is 5.97 Å². The zero-order valence-corrected chi connectivity index (χ0v) is 8.16. The van der Waals surface area contributed by atoms with Crippen LogP contribution in [0, 0.1) is 0 Å². The van der Waals surface area contributed by atoms with Gasteiger partial charge in [0.15, 0.2) is 0 Å². The van der Waals surface area contributed by atoms with Crippen molar-refractivity contribution in [3.63, 3.8) is 0 Å². The van der Waals surface area contributed by atoms with Crippen molar-refractivity contribution in [2.24, 2.45) is 0 Å². The van der Waals surface area contributed by atoms with Crippen LogP contribution in [-0.4, -0.2) is 26.1 Å². The predicted molar refractivity (Wildman–Crippen MR) is 57.1 cm³/mol. The fourth-order valence-corrected chi connectivity index (χ4v) is 1.40. The Morgan fingerprint density at radius 1 is 1.31 bits per heavy atom. The van der Waals surface area contributed by atoms with Crippen LogP contribution in [0.4, 0.5) is 11.4 Å². The van der Waals surface area contributed by atoms with E-state index < -0.39 is 5.97 Å². The number of aromatic nitrogens is 3. The molecule has 7 heteroatoms. The molecule has 1 aromatic carbocycles. The highest BCUT2D eigenvalue weighted by molar-refractivity contribution is 5.92. The van der Waals surface area contributed by atoms with Crippen molar-refractivity contribution in [3.8, 4) is 5.69 Å². The molecule has 1 heterocycles. The number of hydrogen-bond donors (Lipinski definition) is 3. The molecule has 0 aliphatic rings. The standard InChI is InChI=1S/C9H9N5O2/c10-6-3-5(9(15)16)4-7(11)8(6)14-2-1-12-13-14/h1-4H,10-11H2,(H,15,16). The average molecular weight is 219 g/mol. The van der Waals surface area contributed by atoms with Gasteiger partial charge in [0.1, 0.15) is 5.69 Å². The molecule has 0 atom stereocenters. The number of nitrogens with two attached hydrogens (primary N) is 2. The molecule has 7 nitrogen and oxygen atoms in total. The molecule has 0 amide bonds. The van der Waals surface area contributed by atoms with E-state index in [-0.39, 0.29) is 16.9 Å². The molecule has 2 aromatic rings. The van der Waals surface area contributed by atoms with Gasteiger partial charge < -0.3 is 16.6 Å². The molecule has 0 saturated heterocycles. The molecule has 5 N–H and O–H groups in total. The maximum absolute atomic E-state index is 10.8. The lowest BCUT2D eigenvalue weighted by Crippen LogP contribution is -2.08. The van der Waals surface area contributed by atoms with Crippen LogP contribution in [0.3, 0.4) is 0 Å². The van der Waals surface area contributed by atoms with Gasteiger partial charge in [-0.15, -0.1) is 5.10 Å². The van der Waals surface area contributed by atoms with E-state index in [1.807, 2.05) is 0 Å². The van der Waals surface area contributed by atoms with Crippen LogP contribution in [0.2, 0.25) is 0 Å².